The number of nitriles is 1. The second-order valence-corrected chi connectivity index (χ2v) is 4.65. The highest BCUT2D eigenvalue weighted by Gasteiger charge is 2.19. The lowest BCUT2D eigenvalue weighted by Gasteiger charge is -2.19. The van der Waals surface area contributed by atoms with Crippen molar-refractivity contribution in [2.24, 2.45) is 0 Å². The van der Waals surface area contributed by atoms with E-state index in [1.165, 1.54) is 23.1 Å². The third kappa shape index (κ3) is 3.95. The normalized spacial score (nSPS) is 9.95. The number of carbonyl (C=O) groups excluding carboxylic acids is 1. The van der Waals surface area contributed by atoms with Gasteiger partial charge in [-0.3, -0.25) is 14.9 Å². The lowest BCUT2D eigenvalue weighted by molar-refractivity contribution is -0.384. The van der Waals surface area contributed by atoms with Crippen LogP contribution in [0, 0.1) is 21.4 Å². The van der Waals surface area contributed by atoms with Gasteiger partial charge in [0, 0.05) is 19.2 Å². The Morgan fingerprint density at radius 1 is 1.55 bits per heavy atom. The van der Waals surface area contributed by atoms with Gasteiger partial charge in [0.2, 0.25) is 5.91 Å². The Morgan fingerprint density at radius 3 is 2.70 bits per heavy atom. The van der Waals surface area contributed by atoms with Crippen molar-refractivity contribution in [2.75, 3.05) is 18.5 Å². The average Bonchev–Trinajstić information content (AvgIpc) is 2.36. The van der Waals surface area contributed by atoms with E-state index in [1.807, 2.05) is 19.9 Å². The number of nitrogens with one attached hydrogen (secondary N) is 1. The van der Waals surface area contributed by atoms with Gasteiger partial charge >= 0.3 is 0 Å². The molecular formula is C13H16N4O3. The number of amides is 1. The molecule has 20 heavy (non-hydrogen) atoms. The van der Waals surface area contributed by atoms with E-state index in [0.717, 1.165) is 0 Å². The van der Waals surface area contributed by atoms with Gasteiger partial charge in [-0.05, 0) is 26.0 Å². The van der Waals surface area contributed by atoms with E-state index in [2.05, 4.69) is 5.32 Å². The van der Waals surface area contributed by atoms with Crippen molar-refractivity contribution in [3.05, 3.63) is 33.9 Å². The first-order valence-electron chi connectivity index (χ1n) is 6.04. The molecule has 0 heterocycles. The fourth-order valence-corrected chi connectivity index (χ4v) is 1.72. The summed E-state index contributed by atoms with van der Waals surface area (Å²) >= 11 is 0. The van der Waals surface area contributed by atoms with Gasteiger partial charge in [0.25, 0.3) is 5.69 Å². The summed E-state index contributed by atoms with van der Waals surface area (Å²) in [4.78, 5) is 23.6. The van der Waals surface area contributed by atoms with E-state index in [9.17, 15) is 14.9 Å². The van der Waals surface area contributed by atoms with Crippen LogP contribution in [-0.4, -0.2) is 30.5 Å². The Bertz CT molecular complexity index is 563. The average molecular weight is 276 g/mol. The summed E-state index contributed by atoms with van der Waals surface area (Å²) in [7, 11) is 1.57. The highest BCUT2D eigenvalue weighted by Crippen LogP contribution is 2.28. The van der Waals surface area contributed by atoms with Gasteiger partial charge < -0.3 is 10.2 Å². The van der Waals surface area contributed by atoms with Gasteiger partial charge in [0.15, 0.2) is 0 Å². The van der Waals surface area contributed by atoms with Crippen LogP contribution in [-0.2, 0) is 4.79 Å². The van der Waals surface area contributed by atoms with Crippen molar-refractivity contribution >= 4 is 17.3 Å². The van der Waals surface area contributed by atoms with E-state index in [0.29, 0.717) is 5.56 Å². The van der Waals surface area contributed by atoms with Crippen LogP contribution in [0.15, 0.2) is 18.2 Å². The summed E-state index contributed by atoms with van der Waals surface area (Å²) in [5.41, 5.74) is 0.415. The fraction of sp³-hybridized carbons (Fsp3) is 0.385. The Kier molecular flexibility index (Phi) is 5.03. The first-order chi connectivity index (χ1) is 9.35. The molecule has 0 atom stereocenters. The molecule has 0 fully saturated rings. The van der Waals surface area contributed by atoms with Crippen molar-refractivity contribution in [1.29, 1.82) is 5.26 Å². The molecule has 0 aliphatic heterocycles. The lowest BCUT2D eigenvalue weighted by atomic mass is 10.1. The number of anilines is 1. The zero-order chi connectivity index (χ0) is 15.3. The summed E-state index contributed by atoms with van der Waals surface area (Å²) in [5.74, 6) is -0.237. The molecule has 0 saturated carbocycles. The molecule has 1 aromatic carbocycles. The molecular weight excluding hydrogens is 260 g/mol. The number of nitrogens with zero attached hydrogens (tertiary/aromatic N) is 3. The van der Waals surface area contributed by atoms with Crippen LogP contribution in [0.3, 0.4) is 0 Å². The SMILES string of the molecule is CC(C)NC(=O)CN(C)c1cc(C#N)ccc1[N+](=O)[O-]. The molecule has 0 spiro atoms. The molecule has 7 nitrogen and oxygen atoms in total. The number of rotatable bonds is 5. The van der Waals surface area contributed by atoms with Crippen LogP contribution >= 0.6 is 0 Å². The Morgan fingerprint density at radius 2 is 2.20 bits per heavy atom. The van der Waals surface area contributed by atoms with Crippen LogP contribution in [0.25, 0.3) is 0 Å². The quantitative estimate of drug-likeness (QED) is 0.647. The van der Waals surface area contributed by atoms with Crippen LogP contribution in [0.4, 0.5) is 11.4 Å². The highest BCUT2D eigenvalue weighted by molar-refractivity contribution is 5.82. The standard InChI is InChI=1S/C13H16N4O3/c1-9(2)15-13(18)8-16(3)12-6-10(7-14)4-5-11(12)17(19)20/h4-6,9H,8H2,1-3H3,(H,15,18). The molecule has 1 rings (SSSR count). The van der Waals surface area contributed by atoms with Crippen molar-refractivity contribution in [1.82, 2.24) is 5.32 Å². The predicted molar refractivity (Wildman–Crippen MR) is 74.4 cm³/mol. The molecule has 106 valence electrons. The number of benzene rings is 1. The zero-order valence-electron chi connectivity index (χ0n) is 11.6. The van der Waals surface area contributed by atoms with Crippen LogP contribution in [0.1, 0.15) is 19.4 Å². The number of likely N-dealkylation sites (N-methyl/N-ethyl adjacent to an activating group) is 1. The zero-order valence-corrected chi connectivity index (χ0v) is 11.6. The predicted octanol–water partition coefficient (Wildman–Crippen LogP) is 1.43. The Hall–Kier alpha value is -2.62. The molecule has 0 aromatic heterocycles. The summed E-state index contributed by atoms with van der Waals surface area (Å²) in [6.07, 6.45) is 0. The van der Waals surface area contributed by atoms with Gasteiger partial charge in [-0.2, -0.15) is 5.26 Å². The van der Waals surface area contributed by atoms with Crippen LogP contribution in [0.5, 0.6) is 0 Å². The third-order valence-corrected chi connectivity index (χ3v) is 2.54. The summed E-state index contributed by atoms with van der Waals surface area (Å²) in [5, 5.41) is 22.5. The maximum Gasteiger partial charge on any atom is 0.292 e. The number of nitro benzene ring substituents is 1. The minimum absolute atomic E-state index is 0.00340. The maximum absolute atomic E-state index is 11.7. The second-order valence-electron chi connectivity index (χ2n) is 4.65. The van der Waals surface area contributed by atoms with Gasteiger partial charge in [-0.25, -0.2) is 0 Å². The van der Waals surface area contributed by atoms with Crippen molar-refractivity contribution in [2.45, 2.75) is 19.9 Å². The van der Waals surface area contributed by atoms with E-state index in [4.69, 9.17) is 5.26 Å². The van der Waals surface area contributed by atoms with Gasteiger partial charge in [0.1, 0.15) is 5.69 Å². The van der Waals surface area contributed by atoms with Crippen molar-refractivity contribution in [3.8, 4) is 6.07 Å². The molecule has 0 saturated heterocycles. The summed E-state index contributed by atoms with van der Waals surface area (Å²) in [6.45, 7) is 3.64. The molecule has 0 bridgehead atoms. The largest absolute Gasteiger partial charge is 0.360 e. The van der Waals surface area contributed by atoms with Crippen molar-refractivity contribution < 1.29 is 9.72 Å². The molecule has 0 radical (unpaired) electrons. The first kappa shape index (κ1) is 15.4. The van der Waals surface area contributed by atoms with E-state index >= 15 is 0 Å². The Labute approximate surface area is 117 Å². The van der Waals surface area contributed by atoms with E-state index < -0.39 is 4.92 Å². The second kappa shape index (κ2) is 6.52. The molecule has 0 aliphatic rings. The van der Waals surface area contributed by atoms with Gasteiger partial charge in [-0.15, -0.1) is 0 Å². The molecule has 0 unspecified atom stereocenters. The number of carbonyl (C=O) groups is 1. The minimum Gasteiger partial charge on any atom is -0.360 e. The number of hydrogen-bond donors (Lipinski definition) is 1. The van der Waals surface area contributed by atoms with E-state index in [-0.39, 0.29) is 29.9 Å². The Balaban J connectivity index is 3.01. The first-order valence-corrected chi connectivity index (χ1v) is 6.04. The summed E-state index contributed by atoms with van der Waals surface area (Å²) < 4.78 is 0. The number of hydrogen-bond acceptors (Lipinski definition) is 5. The number of nitro groups is 1. The minimum atomic E-state index is -0.534. The smallest absolute Gasteiger partial charge is 0.292 e. The van der Waals surface area contributed by atoms with Gasteiger partial charge in [0.05, 0.1) is 23.1 Å². The molecule has 1 amide bonds. The summed E-state index contributed by atoms with van der Waals surface area (Å²) in [6, 6.07) is 5.97. The van der Waals surface area contributed by atoms with Gasteiger partial charge in [-0.1, -0.05) is 0 Å². The molecule has 1 aromatic rings. The third-order valence-electron chi connectivity index (χ3n) is 2.54. The topological polar surface area (TPSA) is 99.3 Å². The molecule has 0 aliphatic carbocycles. The highest BCUT2D eigenvalue weighted by atomic mass is 16.6. The fourth-order valence-electron chi connectivity index (χ4n) is 1.72. The maximum atomic E-state index is 11.7. The lowest BCUT2D eigenvalue weighted by Crippen LogP contribution is -2.38. The molecule has 7 heteroatoms. The monoisotopic (exact) mass is 276 g/mol. The van der Waals surface area contributed by atoms with Crippen LogP contribution in [0.2, 0.25) is 0 Å². The molecule has 1 N–H and O–H groups in total. The van der Waals surface area contributed by atoms with E-state index in [1.54, 1.807) is 7.05 Å². The van der Waals surface area contributed by atoms with Crippen molar-refractivity contribution in [3.63, 3.8) is 0 Å². The van der Waals surface area contributed by atoms with Crippen LogP contribution < -0.4 is 10.2 Å².